The summed E-state index contributed by atoms with van der Waals surface area (Å²) in [6.45, 7) is 43.0. The van der Waals surface area contributed by atoms with Crippen molar-refractivity contribution in [3.05, 3.63) is 189 Å². The Morgan fingerprint density at radius 1 is 0.325 bits per heavy atom. The summed E-state index contributed by atoms with van der Waals surface area (Å²) >= 11 is 0. The normalized spacial score (nSPS) is 15.4. The van der Waals surface area contributed by atoms with Crippen molar-refractivity contribution in [1.82, 2.24) is 13.5 Å². The Hall–Kier alpha value is -7.56. The molecule has 0 unspecified atom stereocenters. The molecule has 0 atom stereocenters. The van der Waals surface area contributed by atoms with Gasteiger partial charge in [-0.15, -0.1) is 0 Å². The molecule has 0 N–H and O–H groups in total. The van der Waals surface area contributed by atoms with Crippen LogP contribution in [0.3, 0.4) is 0 Å². The van der Waals surface area contributed by atoms with E-state index in [1.807, 2.05) is 0 Å². The predicted octanol–water partition coefficient (Wildman–Crippen LogP) is 18.6. The Morgan fingerprint density at radius 2 is 0.819 bits per heavy atom. The number of aromatic nitrogens is 3. The second-order valence-corrected chi connectivity index (χ2v) is 32.2. The van der Waals surface area contributed by atoms with E-state index in [0.717, 1.165) is 0 Å². The third-order valence-corrected chi connectivity index (χ3v) is 21.0. The van der Waals surface area contributed by atoms with Crippen molar-refractivity contribution in [2.75, 3.05) is 0 Å². The first kappa shape index (κ1) is 50.0. The van der Waals surface area contributed by atoms with Crippen LogP contribution in [-0.4, -0.2) is 20.2 Å². The van der Waals surface area contributed by atoms with Crippen LogP contribution in [0.4, 0.5) is 0 Å². The first-order chi connectivity index (χ1) is 39.0. The first-order valence-electron chi connectivity index (χ1n) is 30.9. The predicted molar refractivity (Wildman–Crippen MR) is 357 cm³/mol. The second kappa shape index (κ2) is 14.8. The van der Waals surface area contributed by atoms with Crippen molar-refractivity contribution in [2.24, 2.45) is 0 Å². The highest BCUT2D eigenvalue weighted by atomic mass is 15.1. The van der Waals surface area contributed by atoms with E-state index in [1.165, 1.54) is 176 Å². The molecule has 410 valence electrons. The van der Waals surface area contributed by atoms with E-state index in [4.69, 9.17) is 0 Å². The standard InChI is InChI=1S/C79H76BN3/c1-73(2,3)41-24-29-61-51(32-41)49-20-19-21-50-65-64(82(61)68(49)50)40-60-72-66(65)54-33-42(74(4,5)6)25-30-62(54)81(72)63-31-28-55-71-67(63)80(60)59-39-46(78(16,17)18)35-53-52-34-45(77(13,14)15)38-58(69(52)83(71)70(53)59)79(55)56-36-43(75(7,8)9)22-26-47(56)48-27-23-44(37-57(48)79)76(10,11)12/h19-40H,1-18H3. The van der Waals surface area contributed by atoms with Crippen molar-refractivity contribution in [3.63, 3.8) is 0 Å². The van der Waals surface area contributed by atoms with Gasteiger partial charge >= 0.3 is 0 Å². The minimum atomic E-state index is -0.631. The summed E-state index contributed by atoms with van der Waals surface area (Å²) in [6, 6.07) is 55.6. The molecule has 0 fully saturated rings. The smallest absolute Gasteiger partial charge is 0.252 e. The molecule has 4 aromatic heterocycles. The first-order valence-corrected chi connectivity index (χ1v) is 30.9. The summed E-state index contributed by atoms with van der Waals surface area (Å²) < 4.78 is 8.24. The fraction of sp³-hybridized carbons (Fsp3) is 0.316. The van der Waals surface area contributed by atoms with E-state index >= 15 is 0 Å². The Balaban J connectivity index is 1.13. The number of benzene rings is 9. The average molecular weight is 1080 g/mol. The Morgan fingerprint density at radius 3 is 1.42 bits per heavy atom. The van der Waals surface area contributed by atoms with Gasteiger partial charge < -0.3 is 13.5 Å². The number of fused-ring (bicyclic) bond motifs is 21. The molecule has 0 radical (unpaired) electrons. The molecule has 1 aliphatic carbocycles. The van der Waals surface area contributed by atoms with Gasteiger partial charge in [0, 0.05) is 60.0 Å². The van der Waals surface area contributed by atoms with Crippen LogP contribution in [-0.2, 0) is 37.9 Å². The number of nitrogens with zero attached hydrogens (tertiary/aromatic N) is 3. The lowest BCUT2D eigenvalue weighted by molar-refractivity contribution is 0.583. The van der Waals surface area contributed by atoms with Crippen molar-refractivity contribution in [1.29, 1.82) is 0 Å². The molecule has 1 spiro atoms. The van der Waals surface area contributed by atoms with Gasteiger partial charge in [0.05, 0.1) is 38.5 Å². The third kappa shape index (κ3) is 5.99. The van der Waals surface area contributed by atoms with Crippen LogP contribution in [0.25, 0.3) is 104 Å². The molecule has 13 aromatic rings. The summed E-state index contributed by atoms with van der Waals surface area (Å²) in [6.07, 6.45) is 0. The largest absolute Gasteiger partial charge is 0.310 e. The molecule has 0 amide bonds. The monoisotopic (exact) mass is 1080 g/mol. The van der Waals surface area contributed by atoms with Crippen LogP contribution in [0.5, 0.6) is 0 Å². The summed E-state index contributed by atoms with van der Waals surface area (Å²) in [7, 11) is 0. The van der Waals surface area contributed by atoms with Crippen LogP contribution in [0.15, 0.2) is 133 Å². The molecule has 4 heteroatoms. The van der Waals surface area contributed by atoms with Gasteiger partial charge in [-0.2, -0.15) is 0 Å². The summed E-state index contributed by atoms with van der Waals surface area (Å²) in [4.78, 5) is 0. The van der Waals surface area contributed by atoms with Gasteiger partial charge in [-0.3, -0.25) is 0 Å². The van der Waals surface area contributed by atoms with Gasteiger partial charge in [0.15, 0.2) is 0 Å². The van der Waals surface area contributed by atoms with E-state index in [0.29, 0.717) is 0 Å². The number of hydrogen-bond donors (Lipinski definition) is 0. The number of rotatable bonds is 0. The average Bonchev–Trinajstić information content (AvgIpc) is 1.57. The van der Waals surface area contributed by atoms with Crippen LogP contribution in [0, 0.1) is 0 Å². The molecule has 4 aliphatic rings. The highest BCUT2D eigenvalue weighted by Crippen LogP contribution is 2.63. The lowest BCUT2D eigenvalue weighted by Gasteiger charge is -2.45. The minimum absolute atomic E-state index is 0.0220. The zero-order valence-electron chi connectivity index (χ0n) is 52.1. The van der Waals surface area contributed by atoms with Gasteiger partial charge in [0.2, 0.25) is 0 Å². The highest BCUT2D eigenvalue weighted by Gasteiger charge is 2.55. The lowest BCUT2D eigenvalue weighted by Crippen LogP contribution is -2.60. The zero-order chi connectivity index (χ0) is 57.8. The van der Waals surface area contributed by atoms with Gasteiger partial charge in [0.25, 0.3) is 6.71 Å². The summed E-state index contributed by atoms with van der Waals surface area (Å²) in [5, 5.41) is 10.8. The molecule has 17 rings (SSSR count). The maximum atomic E-state index is 2.83. The van der Waals surface area contributed by atoms with Gasteiger partial charge in [0.1, 0.15) is 0 Å². The molecule has 3 nitrogen and oxygen atoms in total. The van der Waals surface area contributed by atoms with Crippen molar-refractivity contribution in [3.8, 4) is 22.5 Å². The van der Waals surface area contributed by atoms with Crippen LogP contribution >= 0.6 is 0 Å². The van der Waals surface area contributed by atoms with Gasteiger partial charge in [-0.05, 0) is 164 Å². The Labute approximate surface area is 489 Å². The molecular formula is C79H76BN3. The van der Waals surface area contributed by atoms with E-state index in [-0.39, 0.29) is 39.2 Å². The van der Waals surface area contributed by atoms with Gasteiger partial charge in [-0.25, -0.2) is 0 Å². The Kier molecular flexibility index (Phi) is 8.95. The van der Waals surface area contributed by atoms with Crippen LogP contribution in [0.2, 0.25) is 0 Å². The van der Waals surface area contributed by atoms with Crippen LogP contribution < -0.4 is 16.4 Å². The fourth-order valence-corrected chi connectivity index (χ4v) is 16.6. The quantitative estimate of drug-likeness (QED) is 0.134. The molecule has 3 aliphatic heterocycles. The maximum Gasteiger partial charge on any atom is 0.252 e. The SMILES string of the molecule is CC(C)(C)c1ccc2c(c1)C1(c3cc(C(C)(C)C)ccc3-2)c2ccc3c4c2-n2c5c(cc(C(C)(C)C)cc5c5cc(C(C)(C)C)cc1c52)B4c1cc2c(c4cccc5c6cc(C(C)(C)C)ccc6n2c54)c2c4cc(C(C)(C)C)ccc4n-3c12. The van der Waals surface area contributed by atoms with Crippen molar-refractivity contribution < 1.29 is 0 Å². The molecule has 0 saturated carbocycles. The third-order valence-electron chi connectivity index (χ3n) is 21.0. The molecule has 0 bridgehead atoms. The summed E-state index contributed by atoms with van der Waals surface area (Å²) in [5.41, 5.74) is 31.8. The van der Waals surface area contributed by atoms with Crippen molar-refractivity contribution in [2.45, 2.75) is 163 Å². The molecule has 83 heavy (non-hydrogen) atoms. The fourth-order valence-electron chi connectivity index (χ4n) is 16.6. The molecule has 0 saturated heterocycles. The lowest BCUT2D eigenvalue weighted by atomic mass is 9.33. The minimum Gasteiger partial charge on any atom is -0.310 e. The van der Waals surface area contributed by atoms with Crippen molar-refractivity contribution >= 4 is 105 Å². The maximum absolute atomic E-state index is 2.83. The van der Waals surface area contributed by atoms with Crippen LogP contribution in [0.1, 0.15) is 180 Å². The van der Waals surface area contributed by atoms with E-state index < -0.39 is 5.41 Å². The van der Waals surface area contributed by atoms with E-state index in [2.05, 4.69) is 272 Å². The summed E-state index contributed by atoms with van der Waals surface area (Å²) in [5.74, 6) is 0. The number of hydrogen-bond acceptors (Lipinski definition) is 0. The van der Waals surface area contributed by atoms with E-state index in [1.54, 1.807) is 0 Å². The zero-order valence-corrected chi connectivity index (χ0v) is 52.1. The molecule has 7 heterocycles. The second-order valence-electron chi connectivity index (χ2n) is 32.2. The number of para-hydroxylation sites is 1. The van der Waals surface area contributed by atoms with E-state index in [9.17, 15) is 0 Å². The topological polar surface area (TPSA) is 14.3 Å². The van der Waals surface area contributed by atoms with Gasteiger partial charge in [-0.1, -0.05) is 210 Å². The molecular weight excluding hydrogens is 1000 g/mol. The molecule has 9 aromatic carbocycles. The Bertz CT molecular complexity index is 5130. The highest BCUT2D eigenvalue weighted by molar-refractivity contribution is 7.00.